The lowest BCUT2D eigenvalue weighted by Crippen LogP contribution is -2.26. The van der Waals surface area contributed by atoms with Gasteiger partial charge in [-0.25, -0.2) is 0 Å². The summed E-state index contributed by atoms with van der Waals surface area (Å²) in [6, 6.07) is 4.02. The van der Waals surface area contributed by atoms with Crippen LogP contribution in [0.5, 0.6) is 17.2 Å². The maximum Gasteiger partial charge on any atom is 0.131 e. The maximum atomic E-state index is 5.93. The highest BCUT2D eigenvalue weighted by Crippen LogP contribution is 2.46. The molecule has 5 heteroatoms. The van der Waals surface area contributed by atoms with Crippen LogP contribution in [0.15, 0.2) is 12.1 Å². The third-order valence-corrected chi connectivity index (χ3v) is 4.13. The summed E-state index contributed by atoms with van der Waals surface area (Å²) in [6.45, 7) is 1.69. The Kier molecular flexibility index (Phi) is 4.73. The molecule has 2 unspecified atom stereocenters. The van der Waals surface area contributed by atoms with Gasteiger partial charge in [0.2, 0.25) is 0 Å². The molecule has 0 aliphatic carbocycles. The quantitative estimate of drug-likeness (QED) is 0.889. The number of benzene rings is 1. The van der Waals surface area contributed by atoms with E-state index in [4.69, 9.17) is 19.9 Å². The minimum Gasteiger partial charge on any atom is -0.496 e. The van der Waals surface area contributed by atoms with Gasteiger partial charge in [-0.3, -0.25) is 4.90 Å². The van der Waals surface area contributed by atoms with E-state index >= 15 is 0 Å². The second-order valence-electron chi connectivity index (χ2n) is 5.16. The van der Waals surface area contributed by atoms with Crippen LogP contribution in [0.1, 0.15) is 18.0 Å². The lowest BCUT2D eigenvalue weighted by molar-refractivity contribution is 0.259. The number of rotatable bonds is 5. The predicted molar refractivity (Wildman–Crippen MR) is 78.6 cm³/mol. The van der Waals surface area contributed by atoms with Gasteiger partial charge in [0.05, 0.1) is 26.9 Å². The first-order chi connectivity index (χ1) is 9.65. The summed E-state index contributed by atoms with van der Waals surface area (Å²) in [5, 5.41) is 0. The Hall–Kier alpha value is -1.46. The van der Waals surface area contributed by atoms with E-state index in [1.165, 1.54) is 0 Å². The zero-order valence-electron chi connectivity index (χ0n) is 12.7. The molecule has 1 aromatic carbocycles. The molecule has 0 radical (unpaired) electrons. The van der Waals surface area contributed by atoms with Crippen molar-refractivity contribution in [3.05, 3.63) is 17.7 Å². The van der Waals surface area contributed by atoms with E-state index in [2.05, 4.69) is 11.9 Å². The van der Waals surface area contributed by atoms with Gasteiger partial charge in [-0.2, -0.15) is 0 Å². The Balaban J connectivity index is 2.53. The van der Waals surface area contributed by atoms with Crippen molar-refractivity contribution in [3.63, 3.8) is 0 Å². The standard InChI is InChI=1S/C15H24N2O3/c1-17-6-5-10(9-16)15(17)14-12(19-3)7-11(18-2)8-13(14)20-4/h7-8,10,15H,5-6,9,16H2,1-4H3. The molecule has 1 aromatic rings. The van der Waals surface area contributed by atoms with Crippen molar-refractivity contribution >= 4 is 0 Å². The molecule has 1 saturated heterocycles. The number of hydrogen-bond acceptors (Lipinski definition) is 5. The van der Waals surface area contributed by atoms with Gasteiger partial charge < -0.3 is 19.9 Å². The molecule has 1 heterocycles. The van der Waals surface area contributed by atoms with Gasteiger partial charge >= 0.3 is 0 Å². The van der Waals surface area contributed by atoms with E-state index in [-0.39, 0.29) is 6.04 Å². The minimum atomic E-state index is 0.218. The topological polar surface area (TPSA) is 57.0 Å². The molecule has 1 fully saturated rings. The van der Waals surface area contributed by atoms with Gasteiger partial charge in [-0.1, -0.05) is 0 Å². The second kappa shape index (κ2) is 6.33. The average Bonchev–Trinajstić information content (AvgIpc) is 2.86. The molecule has 1 aliphatic rings. The molecule has 1 aliphatic heterocycles. The number of nitrogens with two attached hydrogens (primary N) is 1. The van der Waals surface area contributed by atoms with E-state index in [0.717, 1.165) is 35.8 Å². The maximum absolute atomic E-state index is 5.93. The number of methoxy groups -OCH3 is 3. The Morgan fingerprint density at radius 3 is 2.20 bits per heavy atom. The molecule has 20 heavy (non-hydrogen) atoms. The third kappa shape index (κ3) is 2.55. The van der Waals surface area contributed by atoms with Crippen LogP contribution in [0.25, 0.3) is 0 Å². The number of ether oxygens (including phenoxy) is 3. The largest absolute Gasteiger partial charge is 0.496 e. The highest BCUT2D eigenvalue weighted by molar-refractivity contribution is 5.53. The summed E-state index contributed by atoms with van der Waals surface area (Å²) in [5.41, 5.74) is 6.99. The summed E-state index contributed by atoms with van der Waals surface area (Å²) in [4.78, 5) is 2.31. The zero-order valence-corrected chi connectivity index (χ0v) is 12.7. The zero-order chi connectivity index (χ0) is 14.7. The molecule has 0 aromatic heterocycles. The van der Waals surface area contributed by atoms with Crippen molar-refractivity contribution in [2.45, 2.75) is 12.5 Å². The Bertz CT molecular complexity index is 439. The molecule has 0 bridgehead atoms. The van der Waals surface area contributed by atoms with Crippen LogP contribution >= 0.6 is 0 Å². The van der Waals surface area contributed by atoms with Crippen LogP contribution in [0.2, 0.25) is 0 Å². The normalized spacial score (nSPS) is 22.9. The van der Waals surface area contributed by atoms with Crippen molar-refractivity contribution in [2.24, 2.45) is 11.7 Å². The fourth-order valence-electron chi connectivity index (χ4n) is 3.05. The van der Waals surface area contributed by atoms with Crippen molar-refractivity contribution in [1.82, 2.24) is 4.90 Å². The monoisotopic (exact) mass is 280 g/mol. The van der Waals surface area contributed by atoms with E-state index < -0.39 is 0 Å². The summed E-state index contributed by atoms with van der Waals surface area (Å²) in [7, 11) is 7.09. The van der Waals surface area contributed by atoms with E-state index in [1.807, 2.05) is 12.1 Å². The molecule has 5 nitrogen and oxygen atoms in total. The van der Waals surface area contributed by atoms with E-state index in [1.54, 1.807) is 21.3 Å². The highest BCUT2D eigenvalue weighted by atomic mass is 16.5. The second-order valence-corrected chi connectivity index (χ2v) is 5.16. The number of likely N-dealkylation sites (tertiary alicyclic amines) is 1. The van der Waals surface area contributed by atoms with Crippen LogP contribution in [-0.4, -0.2) is 46.4 Å². The van der Waals surface area contributed by atoms with E-state index in [0.29, 0.717) is 12.5 Å². The SMILES string of the molecule is COc1cc(OC)c(C2C(CN)CCN2C)c(OC)c1. The molecular weight excluding hydrogens is 256 g/mol. The first-order valence-corrected chi connectivity index (χ1v) is 6.86. The smallest absolute Gasteiger partial charge is 0.131 e. The summed E-state index contributed by atoms with van der Waals surface area (Å²) in [5.74, 6) is 2.72. The Labute approximate surface area is 120 Å². The van der Waals surface area contributed by atoms with Crippen LogP contribution in [0.3, 0.4) is 0 Å². The molecule has 2 N–H and O–H groups in total. The molecule has 0 saturated carbocycles. The fourth-order valence-corrected chi connectivity index (χ4v) is 3.05. The molecular formula is C15H24N2O3. The third-order valence-electron chi connectivity index (χ3n) is 4.13. The minimum absolute atomic E-state index is 0.218. The molecule has 0 amide bonds. The lowest BCUT2D eigenvalue weighted by Gasteiger charge is -2.28. The Morgan fingerprint density at radius 1 is 1.15 bits per heavy atom. The highest BCUT2D eigenvalue weighted by Gasteiger charge is 2.36. The molecule has 2 rings (SSSR count). The van der Waals surface area contributed by atoms with Crippen LogP contribution in [0.4, 0.5) is 0 Å². The molecule has 0 spiro atoms. The molecule has 2 atom stereocenters. The van der Waals surface area contributed by atoms with Gasteiger partial charge in [0.25, 0.3) is 0 Å². The van der Waals surface area contributed by atoms with Crippen molar-refractivity contribution in [1.29, 1.82) is 0 Å². The van der Waals surface area contributed by atoms with Crippen molar-refractivity contribution < 1.29 is 14.2 Å². The van der Waals surface area contributed by atoms with Gasteiger partial charge in [0.1, 0.15) is 17.2 Å². The van der Waals surface area contributed by atoms with Crippen molar-refractivity contribution in [3.8, 4) is 17.2 Å². The molecule has 112 valence electrons. The first-order valence-electron chi connectivity index (χ1n) is 6.86. The van der Waals surface area contributed by atoms with Crippen molar-refractivity contribution in [2.75, 3.05) is 41.5 Å². The average molecular weight is 280 g/mol. The van der Waals surface area contributed by atoms with Gasteiger partial charge in [-0.05, 0) is 32.5 Å². The number of nitrogens with zero attached hydrogens (tertiary/aromatic N) is 1. The summed E-state index contributed by atoms with van der Waals surface area (Å²) >= 11 is 0. The van der Waals surface area contributed by atoms with Crippen LogP contribution in [0, 0.1) is 5.92 Å². The van der Waals surface area contributed by atoms with E-state index in [9.17, 15) is 0 Å². The summed E-state index contributed by atoms with van der Waals surface area (Å²) in [6.07, 6.45) is 1.09. The Morgan fingerprint density at radius 2 is 1.75 bits per heavy atom. The first kappa shape index (κ1) is 14.9. The fraction of sp³-hybridized carbons (Fsp3) is 0.600. The number of hydrogen-bond donors (Lipinski definition) is 1. The summed E-state index contributed by atoms with van der Waals surface area (Å²) < 4.78 is 16.4. The predicted octanol–water partition coefficient (Wildman–Crippen LogP) is 1.66. The van der Waals surface area contributed by atoms with Crippen LogP contribution < -0.4 is 19.9 Å². The van der Waals surface area contributed by atoms with Gasteiger partial charge in [-0.15, -0.1) is 0 Å². The van der Waals surface area contributed by atoms with Gasteiger partial charge in [0.15, 0.2) is 0 Å². The van der Waals surface area contributed by atoms with Gasteiger partial charge in [0, 0.05) is 18.2 Å². The van der Waals surface area contributed by atoms with Crippen LogP contribution in [-0.2, 0) is 0 Å². The lowest BCUT2D eigenvalue weighted by atomic mass is 9.92.